The number of nitroso groups, excluding NO2 is 1. The minimum absolute atomic E-state index is 0. The third-order valence-electron chi connectivity index (χ3n) is 11.4. The number of nitrogens with one attached hydrogen (secondary N) is 2. The van der Waals surface area contributed by atoms with Gasteiger partial charge in [-0.25, -0.2) is 25.5 Å². The van der Waals surface area contributed by atoms with Crippen molar-refractivity contribution in [3.63, 3.8) is 0 Å². The van der Waals surface area contributed by atoms with Crippen LogP contribution in [0.15, 0.2) is 83.8 Å². The molecule has 4 aromatic heterocycles. The molecule has 2 aliphatic carbocycles. The van der Waals surface area contributed by atoms with Crippen molar-refractivity contribution in [2.24, 2.45) is 10.5 Å². The molecular formula is C43H54Cl2N13NaO6S2. The first-order valence-corrected chi connectivity index (χ1v) is 21.4. The number of aliphatic carboxylic acids is 1. The number of carbonyl (C=O) groups is 2. The van der Waals surface area contributed by atoms with Gasteiger partial charge < -0.3 is 44.6 Å². The number of para-hydroxylation sites is 2. The molecule has 1 saturated heterocycles. The van der Waals surface area contributed by atoms with Crippen molar-refractivity contribution < 1.29 is 53.7 Å². The molecule has 354 valence electrons. The Hall–Kier alpha value is -4.74. The number of methoxy groups -OCH3 is 1. The fourth-order valence-corrected chi connectivity index (χ4v) is 8.57. The number of carboxylic acid groups (broad SMARTS) is 1. The van der Waals surface area contributed by atoms with E-state index in [4.69, 9.17) is 43.1 Å². The van der Waals surface area contributed by atoms with Crippen LogP contribution in [-0.4, -0.2) is 92.6 Å². The van der Waals surface area contributed by atoms with Gasteiger partial charge in [0.15, 0.2) is 0 Å². The largest absolute Gasteiger partial charge is 1.00 e. The number of likely N-dealkylation sites (N-methyl/N-ethyl adjacent to an activating group) is 2. The third-order valence-corrected chi connectivity index (χ3v) is 11.8. The Morgan fingerprint density at radius 3 is 1.58 bits per heavy atom. The summed E-state index contributed by atoms with van der Waals surface area (Å²) >= 11 is 11.8. The van der Waals surface area contributed by atoms with Gasteiger partial charge in [0.2, 0.25) is 11.9 Å². The molecular weight excluding hydrogens is 953 g/mol. The minimum Gasteiger partial charge on any atom is -0.480 e. The van der Waals surface area contributed by atoms with E-state index in [0.29, 0.717) is 21.9 Å². The smallest absolute Gasteiger partial charge is 0.480 e. The molecule has 19 nitrogen and oxygen atoms in total. The van der Waals surface area contributed by atoms with E-state index < -0.39 is 5.97 Å². The number of hydrazine groups is 1. The molecule has 0 bridgehead atoms. The van der Waals surface area contributed by atoms with E-state index in [0.717, 1.165) is 73.9 Å². The van der Waals surface area contributed by atoms with Crippen LogP contribution in [0.25, 0.3) is 27.3 Å². The molecule has 6 aromatic rings. The molecule has 0 amide bonds. The van der Waals surface area contributed by atoms with E-state index in [2.05, 4.69) is 63.0 Å². The summed E-state index contributed by atoms with van der Waals surface area (Å²) in [5.41, 5.74) is 17.7. The van der Waals surface area contributed by atoms with Crippen LogP contribution in [0.3, 0.4) is 0 Å². The standard InChI is InChI=1S/C20H21ClN4O2.C19H19ClN4O2.C4H8O.H2N5O.Na.2H2S/c1-24(20-22-10-13(21)11-23-20)14-7-8-18-16(9-14)15-5-3-4-6-17(15)25(18)12-19(26)27-2;1-23(19-21-9-12(20)10-22-19)13-6-7-17-15(8-13)14-4-2-3-5-16(14)24(17)11-18(25)26;1-2-4-5-3-1;1-2-3-4-5-6;;;/h3-6,10-11,14H,7-9,12H2,1-2H3;2-5,9-10,13H,6-8,11H2,1H3,(H,25,26);1-4H2;(H2-,1,2,3,4,5,6);;2*1H2/q;;;-1;+1;;/t14-;13-;;;;;/m00...../s1. The van der Waals surface area contributed by atoms with Gasteiger partial charge in [-0.15, -0.1) is 4.91 Å². The normalized spacial score (nSPS) is 15.2. The van der Waals surface area contributed by atoms with Crippen LogP contribution in [0.4, 0.5) is 11.9 Å². The first kappa shape index (κ1) is 56.6. The Labute approximate surface area is 434 Å². The van der Waals surface area contributed by atoms with Crippen molar-refractivity contribution >= 4 is 95.8 Å². The van der Waals surface area contributed by atoms with Gasteiger partial charge in [0.05, 0.1) is 47.2 Å². The number of anilines is 2. The second-order valence-corrected chi connectivity index (χ2v) is 16.1. The number of hydrogen-bond acceptors (Lipinski definition) is 13. The first-order chi connectivity index (χ1) is 31.0. The molecule has 1 aliphatic heterocycles. The van der Waals surface area contributed by atoms with Crippen LogP contribution < -0.4 is 50.4 Å². The van der Waals surface area contributed by atoms with E-state index >= 15 is 0 Å². The van der Waals surface area contributed by atoms with E-state index in [-0.39, 0.29) is 87.7 Å². The van der Waals surface area contributed by atoms with Crippen LogP contribution in [0, 0.1) is 4.91 Å². The van der Waals surface area contributed by atoms with E-state index in [9.17, 15) is 14.7 Å². The van der Waals surface area contributed by atoms with E-state index in [1.54, 1.807) is 35.9 Å². The number of ether oxygens (including phenoxy) is 2. The summed E-state index contributed by atoms with van der Waals surface area (Å²) < 4.78 is 13.9. The van der Waals surface area contributed by atoms with E-state index in [1.165, 1.54) is 42.2 Å². The van der Waals surface area contributed by atoms with Gasteiger partial charge in [-0.3, -0.25) is 14.8 Å². The van der Waals surface area contributed by atoms with Crippen molar-refractivity contribution in [1.82, 2.24) is 40.1 Å². The molecule has 2 atom stereocenters. The number of hydrogen-bond donors (Lipinski definition) is 3. The molecule has 9 rings (SSSR count). The summed E-state index contributed by atoms with van der Waals surface area (Å²) in [6.45, 7) is 2.24. The average molecular weight is 1010 g/mol. The van der Waals surface area contributed by atoms with Gasteiger partial charge in [0.25, 0.3) is 0 Å². The maximum absolute atomic E-state index is 11.9. The quantitative estimate of drug-likeness (QED) is 0.0414. The maximum Gasteiger partial charge on any atom is 1.00 e. The number of aromatic nitrogens is 6. The van der Waals surface area contributed by atoms with Crippen molar-refractivity contribution in [1.29, 1.82) is 0 Å². The third kappa shape index (κ3) is 14.6. The number of halogens is 2. The summed E-state index contributed by atoms with van der Waals surface area (Å²) in [7, 11) is 5.44. The van der Waals surface area contributed by atoms with Crippen LogP contribution >= 0.6 is 50.2 Å². The topological polar surface area (TPSA) is 229 Å². The van der Waals surface area contributed by atoms with Gasteiger partial charge in [0, 0.05) is 72.6 Å². The number of nitrogens with zero attached hydrogens (tertiary/aromatic N) is 11. The van der Waals surface area contributed by atoms with Crippen molar-refractivity contribution in [3.05, 3.63) is 116 Å². The summed E-state index contributed by atoms with van der Waals surface area (Å²) in [5.74, 6) is 0.276. The number of benzene rings is 2. The Morgan fingerprint density at radius 2 is 1.22 bits per heavy atom. The predicted octanol–water partition coefficient (Wildman–Crippen LogP) is 4.14. The average Bonchev–Trinajstić information content (AvgIpc) is 4.08. The van der Waals surface area contributed by atoms with Gasteiger partial charge in [0.1, 0.15) is 13.1 Å². The molecule has 2 aromatic carbocycles. The van der Waals surface area contributed by atoms with Crippen molar-refractivity contribution in [2.75, 3.05) is 44.2 Å². The van der Waals surface area contributed by atoms with Crippen LogP contribution in [0.2, 0.25) is 10.0 Å². The molecule has 0 saturated carbocycles. The summed E-state index contributed by atoms with van der Waals surface area (Å²) in [4.78, 5) is 53.7. The van der Waals surface area contributed by atoms with Crippen molar-refractivity contribution in [2.45, 2.75) is 76.5 Å². The number of carboxylic acids is 1. The van der Waals surface area contributed by atoms with Gasteiger partial charge in [-0.2, -0.15) is 27.0 Å². The molecule has 3 N–H and O–H groups in total. The first-order valence-electron chi connectivity index (χ1n) is 20.7. The van der Waals surface area contributed by atoms with E-state index in [1.807, 2.05) is 49.0 Å². The molecule has 0 unspecified atom stereocenters. The molecule has 0 spiro atoms. The fourth-order valence-electron chi connectivity index (χ4n) is 8.37. The fraction of sp³-hybridized carbons (Fsp3) is 0.395. The SMILES string of the molecule is C1CCOC1.CN(c1ncc(Cl)cn1)[C@H]1CCc2c(c3ccccc3n2CC(=O)O)C1.COC(=O)Cn1c2c(c3ccccc31)C[C@@H](N(C)c1ncc(Cl)cn1)CC2.S.S.[N-]=NNNN=O.[Na+]. The van der Waals surface area contributed by atoms with Crippen LogP contribution in [-0.2, 0) is 57.8 Å². The minimum atomic E-state index is -0.817. The van der Waals surface area contributed by atoms with Crippen LogP contribution in [0.5, 0.6) is 0 Å². The number of carbonyl (C=O) groups excluding carboxylic acids is 1. The molecule has 24 heteroatoms. The zero-order valence-corrected chi connectivity index (χ0v) is 43.2. The Bertz CT molecular complexity index is 2520. The Kier molecular flexibility index (Phi) is 23.6. The Balaban J connectivity index is 0.000000279. The molecule has 5 heterocycles. The molecule has 3 aliphatic rings. The summed E-state index contributed by atoms with van der Waals surface area (Å²) in [5, 5.41) is 17.0. The monoisotopic (exact) mass is 1010 g/mol. The van der Waals surface area contributed by atoms with Gasteiger partial charge in [-0.05, 0) is 74.6 Å². The van der Waals surface area contributed by atoms with Crippen LogP contribution in [0.1, 0.15) is 48.2 Å². The zero-order chi connectivity index (χ0) is 45.6. The molecule has 0 radical (unpaired) electrons. The van der Waals surface area contributed by atoms with Gasteiger partial charge in [-0.1, -0.05) is 59.6 Å². The van der Waals surface area contributed by atoms with Crippen molar-refractivity contribution in [3.8, 4) is 0 Å². The summed E-state index contributed by atoms with van der Waals surface area (Å²) in [6.07, 6.45) is 14.3. The number of fused-ring (bicyclic) bond motifs is 6. The molecule has 67 heavy (non-hydrogen) atoms. The summed E-state index contributed by atoms with van der Waals surface area (Å²) in [6, 6.07) is 16.8. The predicted molar refractivity (Wildman–Crippen MR) is 265 cm³/mol. The number of esters is 1. The second-order valence-electron chi connectivity index (χ2n) is 15.2. The second kappa shape index (κ2) is 27.9. The Morgan fingerprint density at radius 1 is 0.791 bits per heavy atom. The van der Waals surface area contributed by atoms with Gasteiger partial charge >= 0.3 is 41.5 Å². The molecule has 1 fully saturated rings. The maximum atomic E-state index is 11.9. The number of rotatable bonds is 11. The zero-order valence-electron chi connectivity index (χ0n) is 37.7.